The van der Waals surface area contributed by atoms with Gasteiger partial charge >= 0.3 is 6.18 Å². The second-order valence-electron chi connectivity index (χ2n) is 6.04. The van der Waals surface area contributed by atoms with Gasteiger partial charge in [0.2, 0.25) is 5.91 Å². The molecule has 4 rings (SSSR count). The zero-order chi connectivity index (χ0) is 19.0. The highest BCUT2D eigenvalue weighted by atomic mass is 19.4. The van der Waals surface area contributed by atoms with Gasteiger partial charge in [0.15, 0.2) is 11.5 Å². The minimum Gasteiger partial charge on any atom is -0.347 e. The lowest BCUT2D eigenvalue weighted by atomic mass is 10.2. The monoisotopic (exact) mass is 373 g/mol. The number of para-hydroxylation sites is 1. The van der Waals surface area contributed by atoms with Crippen molar-refractivity contribution in [2.75, 3.05) is 0 Å². The molecular weight excluding hydrogens is 359 g/mol. The molecule has 0 radical (unpaired) electrons. The van der Waals surface area contributed by atoms with E-state index in [9.17, 15) is 18.0 Å². The molecule has 6 nitrogen and oxygen atoms in total. The Labute approximate surface area is 151 Å². The molecule has 0 fully saturated rings. The van der Waals surface area contributed by atoms with Crippen LogP contribution in [0.5, 0.6) is 0 Å². The quantitative estimate of drug-likeness (QED) is 0.598. The average Bonchev–Trinajstić information content (AvgIpc) is 3.23. The number of hydrogen-bond donors (Lipinski definition) is 1. The number of alkyl halides is 3. The molecule has 9 heteroatoms. The fourth-order valence-electron chi connectivity index (χ4n) is 2.90. The van der Waals surface area contributed by atoms with Crippen LogP contribution in [0.2, 0.25) is 0 Å². The van der Waals surface area contributed by atoms with Crippen LogP contribution in [0.1, 0.15) is 11.4 Å². The number of nitrogens with one attached hydrogen (secondary N) is 1. The zero-order valence-corrected chi connectivity index (χ0v) is 13.9. The molecule has 1 amide bonds. The maximum atomic E-state index is 12.8. The molecular formula is C18H14F3N5O. The summed E-state index contributed by atoms with van der Waals surface area (Å²) in [5.74, 6) is 0.115. The molecule has 1 aromatic carbocycles. The van der Waals surface area contributed by atoms with E-state index in [1.165, 1.54) is 10.6 Å². The van der Waals surface area contributed by atoms with Crippen LogP contribution in [0.15, 0.2) is 54.9 Å². The third kappa shape index (κ3) is 3.35. The van der Waals surface area contributed by atoms with E-state index in [1.54, 1.807) is 0 Å². The first-order valence-corrected chi connectivity index (χ1v) is 8.13. The standard InChI is InChI=1S/C18H14F3N5O/c19-18(20,21)13-6-8-26-15(9-13)23-24-16(26)10-22-17(27)11-25-7-5-12-3-1-2-4-14(12)25/h1-9H,10-11H2,(H,22,27). The molecule has 0 aliphatic heterocycles. The summed E-state index contributed by atoms with van der Waals surface area (Å²) in [5.41, 5.74) is 0.225. The molecule has 0 atom stereocenters. The van der Waals surface area contributed by atoms with Crippen LogP contribution in [0.25, 0.3) is 16.6 Å². The Bertz CT molecular complexity index is 1130. The van der Waals surface area contributed by atoms with Crippen LogP contribution < -0.4 is 5.32 Å². The second-order valence-corrected chi connectivity index (χ2v) is 6.04. The van der Waals surface area contributed by atoms with Crippen molar-refractivity contribution in [2.45, 2.75) is 19.3 Å². The van der Waals surface area contributed by atoms with Crippen LogP contribution >= 0.6 is 0 Å². The van der Waals surface area contributed by atoms with Gasteiger partial charge < -0.3 is 9.88 Å². The van der Waals surface area contributed by atoms with Crippen molar-refractivity contribution in [3.05, 3.63) is 66.2 Å². The molecule has 1 N–H and O–H groups in total. The Morgan fingerprint density at radius 3 is 2.70 bits per heavy atom. The Hall–Kier alpha value is -3.36. The molecule has 138 valence electrons. The van der Waals surface area contributed by atoms with Crippen molar-refractivity contribution in [2.24, 2.45) is 0 Å². The first kappa shape index (κ1) is 17.1. The number of carbonyl (C=O) groups is 1. The molecule has 27 heavy (non-hydrogen) atoms. The Kier molecular flexibility index (Phi) is 4.06. The summed E-state index contributed by atoms with van der Waals surface area (Å²) in [7, 11) is 0. The van der Waals surface area contributed by atoms with Gasteiger partial charge in [0.25, 0.3) is 0 Å². The second kappa shape index (κ2) is 6.42. The maximum Gasteiger partial charge on any atom is 0.416 e. The van der Waals surface area contributed by atoms with Gasteiger partial charge in [-0.15, -0.1) is 10.2 Å². The molecule has 3 heterocycles. The van der Waals surface area contributed by atoms with Crippen molar-refractivity contribution in [3.63, 3.8) is 0 Å². The van der Waals surface area contributed by atoms with Crippen molar-refractivity contribution in [1.82, 2.24) is 24.5 Å². The van der Waals surface area contributed by atoms with Gasteiger partial charge in [0.1, 0.15) is 6.54 Å². The lowest BCUT2D eigenvalue weighted by Crippen LogP contribution is -2.27. The molecule has 0 saturated carbocycles. The van der Waals surface area contributed by atoms with Crippen LogP contribution in [0, 0.1) is 0 Å². The third-order valence-electron chi connectivity index (χ3n) is 4.25. The maximum absolute atomic E-state index is 12.8. The first-order chi connectivity index (χ1) is 12.9. The van der Waals surface area contributed by atoms with E-state index in [1.807, 2.05) is 41.1 Å². The van der Waals surface area contributed by atoms with Gasteiger partial charge in [-0.1, -0.05) is 18.2 Å². The van der Waals surface area contributed by atoms with E-state index < -0.39 is 11.7 Å². The van der Waals surface area contributed by atoms with Crippen molar-refractivity contribution in [1.29, 1.82) is 0 Å². The SMILES string of the molecule is O=C(Cn1ccc2ccccc21)NCc1nnc2cc(C(F)(F)F)ccn12. The predicted molar refractivity (Wildman–Crippen MR) is 91.8 cm³/mol. The van der Waals surface area contributed by atoms with Crippen LogP contribution in [-0.2, 0) is 24.1 Å². The summed E-state index contributed by atoms with van der Waals surface area (Å²) in [5, 5.41) is 11.4. The van der Waals surface area contributed by atoms with Gasteiger partial charge in [-0.25, -0.2) is 0 Å². The topological polar surface area (TPSA) is 64.2 Å². The van der Waals surface area contributed by atoms with Crippen molar-refractivity contribution in [3.8, 4) is 0 Å². The molecule has 0 unspecified atom stereocenters. The summed E-state index contributed by atoms with van der Waals surface area (Å²) in [4.78, 5) is 12.2. The number of halogens is 3. The molecule has 0 spiro atoms. The Morgan fingerprint density at radius 1 is 1.07 bits per heavy atom. The first-order valence-electron chi connectivity index (χ1n) is 8.13. The lowest BCUT2D eigenvalue weighted by molar-refractivity contribution is -0.137. The Balaban J connectivity index is 1.46. The predicted octanol–water partition coefficient (Wildman–Crippen LogP) is 3.02. The fourth-order valence-corrected chi connectivity index (χ4v) is 2.90. The zero-order valence-electron chi connectivity index (χ0n) is 13.9. The Morgan fingerprint density at radius 2 is 1.89 bits per heavy atom. The number of pyridine rings is 1. The van der Waals surface area contributed by atoms with E-state index in [4.69, 9.17) is 0 Å². The average molecular weight is 373 g/mol. The van der Waals surface area contributed by atoms with Gasteiger partial charge in [0.05, 0.1) is 12.1 Å². The van der Waals surface area contributed by atoms with Crippen LogP contribution in [0.4, 0.5) is 13.2 Å². The molecule has 0 saturated heterocycles. The third-order valence-corrected chi connectivity index (χ3v) is 4.25. The van der Waals surface area contributed by atoms with E-state index >= 15 is 0 Å². The highest BCUT2D eigenvalue weighted by molar-refractivity contribution is 5.83. The smallest absolute Gasteiger partial charge is 0.347 e. The number of nitrogens with zero attached hydrogens (tertiary/aromatic N) is 4. The number of carbonyl (C=O) groups excluding carboxylic acids is 1. The number of rotatable bonds is 4. The summed E-state index contributed by atoms with van der Waals surface area (Å²) in [6.45, 7) is 0.188. The highest BCUT2D eigenvalue weighted by Gasteiger charge is 2.31. The number of fused-ring (bicyclic) bond motifs is 2. The minimum absolute atomic E-state index is 0.0601. The van der Waals surface area contributed by atoms with Gasteiger partial charge in [-0.05, 0) is 29.7 Å². The number of aromatic nitrogens is 4. The summed E-state index contributed by atoms with van der Waals surface area (Å²) >= 11 is 0. The van der Waals surface area contributed by atoms with E-state index in [2.05, 4.69) is 15.5 Å². The van der Waals surface area contributed by atoms with E-state index in [-0.39, 0.29) is 24.6 Å². The van der Waals surface area contributed by atoms with Crippen molar-refractivity contribution >= 4 is 22.5 Å². The van der Waals surface area contributed by atoms with Gasteiger partial charge in [-0.3, -0.25) is 9.20 Å². The summed E-state index contributed by atoms with van der Waals surface area (Å²) < 4.78 is 41.5. The molecule has 4 aromatic rings. The van der Waals surface area contributed by atoms with Crippen molar-refractivity contribution < 1.29 is 18.0 Å². The minimum atomic E-state index is -4.44. The molecule has 0 bridgehead atoms. The largest absolute Gasteiger partial charge is 0.416 e. The van der Waals surface area contributed by atoms with E-state index in [0.717, 1.165) is 23.0 Å². The molecule has 0 aliphatic rings. The van der Waals surface area contributed by atoms with Gasteiger partial charge in [0, 0.05) is 17.9 Å². The number of hydrogen-bond acceptors (Lipinski definition) is 3. The summed E-state index contributed by atoms with van der Waals surface area (Å²) in [6.07, 6.45) is -1.36. The number of benzene rings is 1. The fraction of sp³-hybridized carbons (Fsp3) is 0.167. The van der Waals surface area contributed by atoms with Gasteiger partial charge in [-0.2, -0.15) is 13.2 Å². The van der Waals surface area contributed by atoms with Crippen LogP contribution in [0.3, 0.4) is 0 Å². The number of amides is 1. The molecule has 3 aromatic heterocycles. The van der Waals surface area contributed by atoms with Crippen LogP contribution in [-0.4, -0.2) is 25.1 Å². The summed E-state index contributed by atoms with van der Waals surface area (Å²) in [6, 6.07) is 11.5. The van der Waals surface area contributed by atoms with E-state index in [0.29, 0.717) is 5.82 Å². The lowest BCUT2D eigenvalue weighted by Gasteiger charge is -2.08. The molecule has 0 aliphatic carbocycles. The highest BCUT2D eigenvalue weighted by Crippen LogP contribution is 2.29. The normalized spacial score (nSPS) is 12.0.